The van der Waals surface area contributed by atoms with Gasteiger partial charge in [0.25, 0.3) is 0 Å². The maximum atomic E-state index is 13.2. The second-order valence-electron chi connectivity index (χ2n) is 7.66. The predicted octanol–water partition coefficient (Wildman–Crippen LogP) is 5.04. The average molecular weight is 519 g/mol. The van der Waals surface area contributed by atoms with Crippen LogP contribution in [0.2, 0.25) is 5.02 Å². The lowest BCUT2D eigenvalue weighted by molar-refractivity contribution is -0.119. The summed E-state index contributed by atoms with van der Waals surface area (Å²) in [6.07, 6.45) is 0.928. The Hall–Kier alpha value is -2.72. The van der Waals surface area contributed by atoms with Crippen LogP contribution >= 0.6 is 22.9 Å². The Kier molecular flexibility index (Phi) is 7.37. The van der Waals surface area contributed by atoms with Crippen LogP contribution in [0.5, 0.6) is 0 Å². The Morgan fingerprint density at radius 2 is 1.85 bits per heavy atom. The molecule has 7 nitrogen and oxygen atoms in total. The highest BCUT2D eigenvalue weighted by atomic mass is 35.5. The number of sulfonamides is 1. The number of esters is 1. The number of amides is 1. The Morgan fingerprint density at radius 1 is 1.15 bits per heavy atom. The largest absolute Gasteiger partial charge is 0.462 e. The summed E-state index contributed by atoms with van der Waals surface area (Å²) in [5, 5.41) is 3.21. The quantitative estimate of drug-likeness (QED) is 0.442. The molecule has 1 unspecified atom stereocenters. The van der Waals surface area contributed by atoms with Crippen LogP contribution in [0.1, 0.15) is 29.4 Å². The molecule has 0 aliphatic carbocycles. The summed E-state index contributed by atoms with van der Waals surface area (Å²) in [6.45, 7) is 2.13. The molecule has 1 atom stereocenters. The minimum Gasteiger partial charge on any atom is -0.462 e. The molecule has 0 radical (unpaired) electrons. The van der Waals surface area contributed by atoms with Crippen LogP contribution in [0, 0.1) is 0 Å². The predicted molar refractivity (Wildman–Crippen MR) is 133 cm³/mol. The molecule has 3 aromatic rings. The summed E-state index contributed by atoms with van der Waals surface area (Å²) in [7, 11) is -3.89. The van der Waals surface area contributed by atoms with E-state index in [0.717, 1.165) is 10.4 Å². The van der Waals surface area contributed by atoms with Gasteiger partial charge in [0.1, 0.15) is 10.9 Å². The third kappa shape index (κ3) is 5.02. The number of hydrogen-bond acceptors (Lipinski definition) is 6. The number of carbonyl (C=O) groups excluding carboxylic acids is 2. The van der Waals surface area contributed by atoms with E-state index in [4.69, 9.17) is 16.3 Å². The van der Waals surface area contributed by atoms with Gasteiger partial charge in [0.15, 0.2) is 0 Å². The lowest BCUT2D eigenvalue weighted by Gasteiger charge is -2.23. The van der Waals surface area contributed by atoms with E-state index < -0.39 is 27.9 Å². The number of nitrogens with zero attached hydrogens (tertiary/aromatic N) is 1. The number of rotatable bonds is 7. The van der Waals surface area contributed by atoms with Gasteiger partial charge in [-0.1, -0.05) is 41.9 Å². The van der Waals surface area contributed by atoms with Crippen LogP contribution < -0.4 is 5.32 Å². The van der Waals surface area contributed by atoms with Gasteiger partial charge in [0, 0.05) is 16.4 Å². The zero-order valence-electron chi connectivity index (χ0n) is 18.4. The van der Waals surface area contributed by atoms with Gasteiger partial charge in [-0.3, -0.25) is 4.79 Å². The monoisotopic (exact) mass is 518 g/mol. The van der Waals surface area contributed by atoms with E-state index in [1.807, 2.05) is 30.3 Å². The number of benzene rings is 2. The van der Waals surface area contributed by atoms with Crippen molar-refractivity contribution in [3.8, 4) is 10.4 Å². The maximum Gasteiger partial charge on any atom is 0.350 e. The molecule has 2 aromatic carbocycles. The number of ether oxygens (including phenoxy) is 1. The first-order valence-corrected chi connectivity index (χ1v) is 13.4. The maximum absolute atomic E-state index is 13.2. The van der Waals surface area contributed by atoms with Gasteiger partial charge < -0.3 is 10.1 Å². The summed E-state index contributed by atoms with van der Waals surface area (Å²) < 4.78 is 32.8. The summed E-state index contributed by atoms with van der Waals surface area (Å²) in [6, 6.07) is 16.2. The molecule has 1 saturated heterocycles. The van der Waals surface area contributed by atoms with Gasteiger partial charge >= 0.3 is 5.97 Å². The number of thiophene rings is 1. The molecule has 4 rings (SSSR count). The Labute approximate surface area is 207 Å². The molecule has 0 bridgehead atoms. The molecule has 34 heavy (non-hydrogen) atoms. The molecule has 1 N–H and O–H groups in total. The summed E-state index contributed by atoms with van der Waals surface area (Å²) >= 11 is 7.11. The molecular weight excluding hydrogens is 496 g/mol. The normalized spacial score (nSPS) is 16.4. The average Bonchev–Trinajstić information content (AvgIpc) is 3.48. The smallest absolute Gasteiger partial charge is 0.350 e. The molecule has 2 heterocycles. The van der Waals surface area contributed by atoms with Crippen LogP contribution in [0.4, 0.5) is 5.69 Å². The second-order valence-corrected chi connectivity index (χ2v) is 11.0. The van der Waals surface area contributed by atoms with Gasteiger partial charge in [0.2, 0.25) is 15.9 Å². The lowest BCUT2D eigenvalue weighted by atomic mass is 10.2. The fourth-order valence-electron chi connectivity index (χ4n) is 3.82. The third-order valence-corrected chi connectivity index (χ3v) is 8.77. The number of hydrogen-bond donors (Lipinski definition) is 1. The molecule has 1 fully saturated rings. The molecule has 178 valence electrons. The summed E-state index contributed by atoms with van der Waals surface area (Å²) in [5.41, 5.74) is 1.20. The fourth-order valence-corrected chi connectivity index (χ4v) is 6.62. The Morgan fingerprint density at radius 3 is 2.53 bits per heavy atom. The van der Waals surface area contributed by atoms with Gasteiger partial charge in [-0.05, 0) is 55.7 Å². The first-order chi connectivity index (χ1) is 16.3. The van der Waals surface area contributed by atoms with Crippen molar-refractivity contribution in [3.63, 3.8) is 0 Å². The second kappa shape index (κ2) is 10.3. The van der Waals surface area contributed by atoms with Crippen LogP contribution in [-0.4, -0.2) is 43.8 Å². The number of carbonyl (C=O) groups is 2. The first kappa shape index (κ1) is 24.4. The summed E-state index contributed by atoms with van der Waals surface area (Å²) in [5.74, 6) is -1.03. The van der Waals surface area contributed by atoms with Crippen molar-refractivity contribution in [2.45, 2.75) is 30.7 Å². The molecule has 1 aliphatic rings. The molecule has 1 amide bonds. The Bertz CT molecular complexity index is 1290. The standard InChI is InChI=1S/C24H23ClN2O5S2/c1-2-32-24(29)22-19(15-21(33-22)16-7-4-3-5-8-16)26-23(28)20-9-6-14-27(20)34(30,31)18-12-10-17(25)11-13-18/h3-5,7-8,10-13,15,20H,2,6,9,14H2,1H3,(H,26,28). The van der Waals surface area contributed by atoms with Crippen molar-refractivity contribution < 1.29 is 22.7 Å². The molecule has 0 spiro atoms. The highest BCUT2D eigenvalue weighted by Crippen LogP contribution is 2.36. The van der Waals surface area contributed by atoms with Crippen molar-refractivity contribution in [1.29, 1.82) is 0 Å². The number of nitrogens with one attached hydrogen (secondary N) is 1. The van der Waals surface area contributed by atoms with E-state index in [1.54, 1.807) is 13.0 Å². The van der Waals surface area contributed by atoms with Crippen molar-refractivity contribution in [1.82, 2.24) is 4.31 Å². The SMILES string of the molecule is CCOC(=O)c1sc(-c2ccccc2)cc1NC(=O)C1CCCN1S(=O)(=O)c1ccc(Cl)cc1. The van der Waals surface area contributed by atoms with Crippen LogP contribution in [0.25, 0.3) is 10.4 Å². The lowest BCUT2D eigenvalue weighted by Crippen LogP contribution is -2.43. The first-order valence-electron chi connectivity index (χ1n) is 10.8. The molecule has 1 aromatic heterocycles. The van der Waals surface area contributed by atoms with Crippen molar-refractivity contribution >= 4 is 50.5 Å². The van der Waals surface area contributed by atoms with E-state index in [2.05, 4.69) is 5.32 Å². The van der Waals surface area contributed by atoms with E-state index in [-0.39, 0.29) is 22.9 Å². The van der Waals surface area contributed by atoms with Crippen molar-refractivity contribution in [2.75, 3.05) is 18.5 Å². The van der Waals surface area contributed by atoms with E-state index in [1.165, 1.54) is 39.9 Å². The molecular formula is C24H23ClN2O5S2. The number of anilines is 1. The van der Waals surface area contributed by atoms with E-state index in [9.17, 15) is 18.0 Å². The van der Waals surface area contributed by atoms with Gasteiger partial charge in [0.05, 0.1) is 17.2 Å². The minimum atomic E-state index is -3.89. The number of halogens is 1. The zero-order chi connectivity index (χ0) is 24.3. The van der Waals surface area contributed by atoms with Crippen molar-refractivity contribution in [2.24, 2.45) is 0 Å². The molecule has 0 saturated carbocycles. The van der Waals surface area contributed by atoms with Gasteiger partial charge in [-0.25, -0.2) is 13.2 Å². The van der Waals surface area contributed by atoms with Crippen molar-refractivity contribution in [3.05, 3.63) is 70.6 Å². The minimum absolute atomic E-state index is 0.0747. The fraction of sp³-hybridized carbons (Fsp3) is 0.250. The van der Waals surface area contributed by atoms with Gasteiger partial charge in [-0.2, -0.15) is 4.31 Å². The van der Waals surface area contributed by atoms with E-state index >= 15 is 0 Å². The topological polar surface area (TPSA) is 92.8 Å². The van der Waals surface area contributed by atoms with Gasteiger partial charge in [-0.15, -0.1) is 11.3 Å². The van der Waals surface area contributed by atoms with Crippen LogP contribution in [-0.2, 0) is 19.6 Å². The highest BCUT2D eigenvalue weighted by Gasteiger charge is 2.40. The highest BCUT2D eigenvalue weighted by molar-refractivity contribution is 7.89. The Balaban J connectivity index is 1.61. The molecule has 1 aliphatic heterocycles. The summed E-state index contributed by atoms with van der Waals surface area (Å²) in [4.78, 5) is 26.9. The zero-order valence-corrected chi connectivity index (χ0v) is 20.8. The van der Waals surface area contributed by atoms with E-state index in [0.29, 0.717) is 23.6 Å². The third-order valence-electron chi connectivity index (χ3n) is 5.44. The van der Waals surface area contributed by atoms with Crippen LogP contribution in [0.15, 0.2) is 65.6 Å². The van der Waals surface area contributed by atoms with Crippen LogP contribution in [0.3, 0.4) is 0 Å². The molecule has 10 heteroatoms.